The van der Waals surface area contributed by atoms with E-state index in [-0.39, 0.29) is 47.9 Å². The Labute approximate surface area is 192 Å². The summed E-state index contributed by atoms with van der Waals surface area (Å²) in [7, 11) is 3.96. The van der Waals surface area contributed by atoms with E-state index < -0.39 is 0 Å². The monoisotopic (exact) mass is 463 g/mol. The molecule has 4 unspecified atom stereocenters. The summed E-state index contributed by atoms with van der Waals surface area (Å²) in [6, 6.07) is 5.29. The molecule has 166 valence electrons. The number of nitrogens with zero attached hydrogens (tertiary/aromatic N) is 3. The zero-order chi connectivity index (χ0) is 22.3. The van der Waals surface area contributed by atoms with E-state index in [0.29, 0.717) is 23.1 Å². The first-order chi connectivity index (χ1) is 14.8. The first-order valence-corrected chi connectivity index (χ1v) is 11.4. The van der Waals surface area contributed by atoms with Crippen molar-refractivity contribution >= 4 is 40.9 Å². The van der Waals surface area contributed by atoms with E-state index in [1.807, 2.05) is 20.2 Å². The second-order valence-corrected chi connectivity index (χ2v) is 9.80. The van der Waals surface area contributed by atoms with Crippen LogP contribution in [-0.2, 0) is 20.9 Å². The van der Waals surface area contributed by atoms with Crippen molar-refractivity contribution in [2.45, 2.75) is 19.4 Å². The van der Waals surface area contributed by atoms with Crippen molar-refractivity contribution in [3.05, 3.63) is 46.0 Å². The van der Waals surface area contributed by atoms with Crippen LogP contribution in [0.5, 0.6) is 0 Å². The Bertz CT molecular complexity index is 903. The van der Waals surface area contributed by atoms with E-state index in [0.717, 1.165) is 24.9 Å². The van der Waals surface area contributed by atoms with Crippen LogP contribution in [0.25, 0.3) is 0 Å². The number of carbonyl (C=O) groups excluding carboxylic acids is 3. The summed E-state index contributed by atoms with van der Waals surface area (Å²) in [5.41, 5.74) is 0.853. The molecule has 2 bridgehead atoms. The normalized spacial score (nSPS) is 26.3. The van der Waals surface area contributed by atoms with Crippen LogP contribution in [0.15, 0.2) is 30.4 Å². The number of likely N-dealkylation sites (tertiary alicyclic amines) is 1. The molecule has 4 rings (SSSR count). The van der Waals surface area contributed by atoms with Crippen LogP contribution in [0.3, 0.4) is 0 Å². The van der Waals surface area contributed by atoms with Crippen molar-refractivity contribution in [2.75, 3.05) is 33.7 Å². The highest BCUT2D eigenvalue weighted by molar-refractivity contribution is 6.42. The minimum Gasteiger partial charge on any atom is -0.337 e. The molecule has 0 N–H and O–H groups in total. The molecule has 1 aromatic carbocycles. The number of allylic oxidation sites excluding steroid dienone is 2. The van der Waals surface area contributed by atoms with Crippen LogP contribution in [0.4, 0.5) is 0 Å². The molecule has 3 aliphatic rings. The zero-order valence-electron chi connectivity index (χ0n) is 17.8. The van der Waals surface area contributed by atoms with Crippen LogP contribution < -0.4 is 0 Å². The number of rotatable bonds is 8. The first kappa shape index (κ1) is 22.3. The molecule has 3 amide bonds. The Hall–Kier alpha value is -1.89. The van der Waals surface area contributed by atoms with Crippen molar-refractivity contribution in [1.82, 2.24) is 14.7 Å². The average Bonchev–Trinajstić information content (AvgIpc) is 3.39. The molecule has 1 heterocycles. The van der Waals surface area contributed by atoms with Crippen molar-refractivity contribution in [1.29, 1.82) is 0 Å². The van der Waals surface area contributed by atoms with Gasteiger partial charge in [0.25, 0.3) is 0 Å². The summed E-state index contributed by atoms with van der Waals surface area (Å²) < 4.78 is 0. The first-order valence-electron chi connectivity index (χ1n) is 10.7. The number of halogens is 2. The molecular weight excluding hydrogens is 437 g/mol. The minimum absolute atomic E-state index is 0.138. The van der Waals surface area contributed by atoms with Gasteiger partial charge in [-0.15, -0.1) is 0 Å². The van der Waals surface area contributed by atoms with Crippen LogP contribution in [0, 0.1) is 23.7 Å². The number of carbonyl (C=O) groups is 3. The molecule has 6 nitrogen and oxygen atoms in total. The highest BCUT2D eigenvalue weighted by Gasteiger charge is 2.59. The smallest absolute Gasteiger partial charge is 0.243 e. The lowest BCUT2D eigenvalue weighted by Crippen LogP contribution is -2.44. The fraction of sp³-hybridized carbons (Fsp3) is 0.522. The maximum Gasteiger partial charge on any atom is 0.243 e. The summed E-state index contributed by atoms with van der Waals surface area (Å²) in [6.07, 6.45) is 5.77. The topological polar surface area (TPSA) is 60.9 Å². The number of hydrogen-bond donors (Lipinski definition) is 0. The number of hydrogen-bond acceptors (Lipinski definition) is 4. The molecule has 0 aromatic heterocycles. The van der Waals surface area contributed by atoms with Crippen molar-refractivity contribution in [3.63, 3.8) is 0 Å². The van der Waals surface area contributed by atoms with Crippen molar-refractivity contribution < 1.29 is 14.4 Å². The van der Waals surface area contributed by atoms with E-state index in [1.165, 1.54) is 4.90 Å². The Morgan fingerprint density at radius 1 is 1.03 bits per heavy atom. The second-order valence-electron chi connectivity index (χ2n) is 8.98. The van der Waals surface area contributed by atoms with E-state index in [2.05, 4.69) is 17.1 Å². The van der Waals surface area contributed by atoms with E-state index in [4.69, 9.17) is 23.2 Å². The van der Waals surface area contributed by atoms with Crippen LogP contribution in [-0.4, -0.2) is 66.2 Å². The molecule has 1 saturated carbocycles. The minimum atomic E-state index is -0.285. The number of amides is 3. The third kappa shape index (κ3) is 4.38. The molecule has 0 radical (unpaired) electrons. The van der Waals surface area contributed by atoms with E-state index in [1.54, 1.807) is 17.0 Å². The summed E-state index contributed by atoms with van der Waals surface area (Å²) in [4.78, 5) is 44.1. The third-order valence-electron chi connectivity index (χ3n) is 6.60. The molecule has 2 fully saturated rings. The fourth-order valence-corrected chi connectivity index (χ4v) is 5.40. The van der Waals surface area contributed by atoms with E-state index in [9.17, 15) is 14.4 Å². The maximum absolute atomic E-state index is 13.2. The summed E-state index contributed by atoms with van der Waals surface area (Å²) >= 11 is 12.2. The van der Waals surface area contributed by atoms with Crippen LogP contribution in [0.2, 0.25) is 10.0 Å². The van der Waals surface area contributed by atoms with Gasteiger partial charge in [-0.3, -0.25) is 19.3 Å². The quantitative estimate of drug-likeness (QED) is 0.438. The number of benzene rings is 1. The lowest BCUT2D eigenvalue weighted by Gasteiger charge is -2.26. The molecule has 4 atom stereocenters. The van der Waals surface area contributed by atoms with Gasteiger partial charge in [0, 0.05) is 13.1 Å². The molecule has 31 heavy (non-hydrogen) atoms. The number of imide groups is 1. The van der Waals surface area contributed by atoms with Gasteiger partial charge in [-0.05, 0) is 63.0 Å². The molecule has 1 aromatic rings. The molecule has 0 spiro atoms. The van der Waals surface area contributed by atoms with Gasteiger partial charge in [0.1, 0.15) is 6.54 Å². The molecule has 8 heteroatoms. The van der Waals surface area contributed by atoms with Crippen LogP contribution >= 0.6 is 23.2 Å². The summed E-state index contributed by atoms with van der Waals surface area (Å²) in [5, 5.41) is 0.888. The Kier molecular flexibility index (Phi) is 6.42. The second kappa shape index (κ2) is 8.93. The van der Waals surface area contributed by atoms with Gasteiger partial charge < -0.3 is 9.80 Å². The highest BCUT2D eigenvalue weighted by Crippen LogP contribution is 2.52. The highest BCUT2D eigenvalue weighted by atomic mass is 35.5. The van der Waals surface area contributed by atoms with Gasteiger partial charge in [0.2, 0.25) is 17.7 Å². The SMILES string of the molecule is CN(C)CCCN(Cc1ccc(Cl)c(Cl)c1)C(=O)CN1C(=O)C2C3C=CC(C3)C2C1=O. The van der Waals surface area contributed by atoms with Crippen molar-refractivity contribution in [3.8, 4) is 0 Å². The number of fused-ring (bicyclic) bond motifs is 5. The third-order valence-corrected chi connectivity index (χ3v) is 7.34. The molecule has 1 aliphatic heterocycles. The lowest BCUT2D eigenvalue weighted by atomic mass is 9.85. The largest absolute Gasteiger partial charge is 0.337 e. The predicted molar refractivity (Wildman–Crippen MR) is 119 cm³/mol. The van der Waals surface area contributed by atoms with Gasteiger partial charge in [-0.1, -0.05) is 41.4 Å². The Balaban J connectivity index is 1.46. The molecular formula is C23H27Cl2N3O3. The zero-order valence-corrected chi connectivity index (χ0v) is 19.3. The Morgan fingerprint density at radius 2 is 1.68 bits per heavy atom. The van der Waals surface area contributed by atoms with Gasteiger partial charge in [-0.2, -0.15) is 0 Å². The summed E-state index contributed by atoms with van der Waals surface area (Å²) in [6.45, 7) is 1.49. The molecule has 2 aliphatic carbocycles. The Morgan fingerprint density at radius 3 is 2.26 bits per heavy atom. The van der Waals surface area contributed by atoms with Gasteiger partial charge >= 0.3 is 0 Å². The maximum atomic E-state index is 13.2. The van der Waals surface area contributed by atoms with E-state index >= 15 is 0 Å². The van der Waals surface area contributed by atoms with Gasteiger partial charge in [0.15, 0.2) is 0 Å². The fourth-order valence-electron chi connectivity index (χ4n) is 5.08. The van der Waals surface area contributed by atoms with Crippen LogP contribution in [0.1, 0.15) is 18.4 Å². The van der Waals surface area contributed by atoms with Gasteiger partial charge in [0.05, 0.1) is 21.9 Å². The van der Waals surface area contributed by atoms with Gasteiger partial charge in [-0.25, -0.2) is 0 Å². The van der Waals surface area contributed by atoms with Crippen molar-refractivity contribution in [2.24, 2.45) is 23.7 Å². The predicted octanol–water partition coefficient (Wildman–Crippen LogP) is 3.08. The average molecular weight is 464 g/mol. The lowest BCUT2D eigenvalue weighted by molar-refractivity contribution is -0.147. The molecule has 1 saturated heterocycles. The standard InChI is InChI=1S/C23H27Cl2N3O3/c1-26(2)8-3-9-27(12-14-4-7-17(24)18(25)10-14)19(29)13-28-22(30)20-15-5-6-16(11-15)21(20)23(28)31/h4-7,10,15-16,20-21H,3,8-9,11-13H2,1-2H3. The summed E-state index contributed by atoms with van der Waals surface area (Å²) in [5.74, 6) is -0.907.